The van der Waals surface area contributed by atoms with Crippen LogP contribution in [0.3, 0.4) is 0 Å². The number of carbonyl (C=O) groups is 1. The molecule has 1 fully saturated rings. The second-order valence-electron chi connectivity index (χ2n) is 3.24. The molecule has 0 aromatic rings. The maximum absolute atomic E-state index is 11.2. The normalized spacial score (nSPS) is 29.6. The predicted molar refractivity (Wildman–Crippen MR) is 43.4 cm³/mol. The van der Waals surface area contributed by atoms with Crippen molar-refractivity contribution in [2.45, 2.75) is 38.7 Å². The molecule has 64 valence electrons. The number of hydrogen-bond donors (Lipinski definition) is 0. The second-order valence-corrected chi connectivity index (χ2v) is 3.24. The van der Waals surface area contributed by atoms with E-state index in [-0.39, 0.29) is 0 Å². The topological polar surface area (TPSA) is 26.3 Å². The summed E-state index contributed by atoms with van der Waals surface area (Å²) in [6.45, 7) is 2.05. The van der Waals surface area contributed by atoms with Crippen LogP contribution in [0.1, 0.15) is 32.6 Å². The molecule has 0 saturated heterocycles. The van der Waals surface area contributed by atoms with E-state index in [2.05, 4.69) is 0 Å². The van der Waals surface area contributed by atoms with Gasteiger partial charge in [0, 0.05) is 19.4 Å². The molecule has 0 unspecified atom stereocenters. The molecule has 1 aliphatic carbocycles. The summed E-state index contributed by atoms with van der Waals surface area (Å²) in [4.78, 5) is 11.2. The fourth-order valence-electron chi connectivity index (χ4n) is 1.47. The highest BCUT2D eigenvalue weighted by Crippen LogP contribution is 2.31. The summed E-state index contributed by atoms with van der Waals surface area (Å²) >= 11 is 0. The minimum absolute atomic E-state index is 0.319. The van der Waals surface area contributed by atoms with Gasteiger partial charge in [0.1, 0.15) is 5.78 Å². The Morgan fingerprint density at radius 2 is 2.18 bits per heavy atom. The summed E-state index contributed by atoms with van der Waals surface area (Å²) in [5.74, 6) is 0.751. The summed E-state index contributed by atoms with van der Waals surface area (Å²) in [5, 5.41) is 0. The van der Waals surface area contributed by atoms with Gasteiger partial charge in [-0.3, -0.25) is 4.79 Å². The molecule has 0 aromatic heterocycles. The lowest BCUT2D eigenvalue weighted by molar-refractivity contribution is -0.130. The van der Waals surface area contributed by atoms with E-state index in [0.29, 0.717) is 17.8 Å². The lowest BCUT2D eigenvalue weighted by Crippen LogP contribution is -2.35. The first-order valence-corrected chi connectivity index (χ1v) is 4.33. The molecule has 0 spiro atoms. The average Bonchev–Trinajstić information content (AvgIpc) is 1.86. The van der Waals surface area contributed by atoms with Gasteiger partial charge in [-0.05, 0) is 19.3 Å². The van der Waals surface area contributed by atoms with Gasteiger partial charge in [-0.15, -0.1) is 0 Å². The lowest BCUT2D eigenvalue weighted by Gasteiger charge is -2.32. The van der Waals surface area contributed by atoms with Gasteiger partial charge in [-0.2, -0.15) is 0 Å². The van der Waals surface area contributed by atoms with Crippen LogP contribution in [-0.2, 0) is 9.53 Å². The Morgan fingerprint density at radius 3 is 2.64 bits per heavy atom. The standard InChI is InChI=1S/C9H16O2/c1-3-4-9(10)7-5-8(6-7)11-2/h7-8H,3-6H2,1-2H3. The molecule has 0 radical (unpaired) electrons. The zero-order valence-electron chi connectivity index (χ0n) is 7.30. The van der Waals surface area contributed by atoms with E-state index in [9.17, 15) is 4.79 Å². The first kappa shape index (κ1) is 8.72. The Balaban J connectivity index is 2.16. The molecule has 1 aliphatic rings. The number of ether oxygens (including phenoxy) is 1. The van der Waals surface area contributed by atoms with Gasteiger partial charge in [-0.1, -0.05) is 6.92 Å². The van der Waals surface area contributed by atoms with Crippen molar-refractivity contribution in [1.29, 1.82) is 0 Å². The fraction of sp³-hybridized carbons (Fsp3) is 0.889. The van der Waals surface area contributed by atoms with Crippen molar-refractivity contribution >= 4 is 5.78 Å². The minimum atomic E-state index is 0.319. The minimum Gasteiger partial charge on any atom is -0.381 e. The zero-order chi connectivity index (χ0) is 8.27. The first-order chi connectivity index (χ1) is 5.27. The van der Waals surface area contributed by atoms with Gasteiger partial charge < -0.3 is 4.74 Å². The van der Waals surface area contributed by atoms with Crippen LogP contribution >= 0.6 is 0 Å². The van der Waals surface area contributed by atoms with E-state index in [0.717, 1.165) is 25.7 Å². The molecule has 11 heavy (non-hydrogen) atoms. The number of rotatable bonds is 4. The number of carbonyl (C=O) groups excluding carboxylic acids is 1. The van der Waals surface area contributed by atoms with Crippen LogP contribution in [0.5, 0.6) is 0 Å². The van der Waals surface area contributed by atoms with E-state index in [1.54, 1.807) is 7.11 Å². The van der Waals surface area contributed by atoms with Crippen LogP contribution in [-0.4, -0.2) is 19.0 Å². The third-order valence-electron chi connectivity index (χ3n) is 2.38. The Labute approximate surface area is 67.9 Å². The molecule has 0 aliphatic heterocycles. The Bertz CT molecular complexity index is 136. The van der Waals surface area contributed by atoms with Crippen molar-refractivity contribution in [3.63, 3.8) is 0 Å². The van der Waals surface area contributed by atoms with Crippen LogP contribution in [0.15, 0.2) is 0 Å². The molecule has 0 heterocycles. The number of ketones is 1. The first-order valence-electron chi connectivity index (χ1n) is 4.33. The van der Waals surface area contributed by atoms with Gasteiger partial charge >= 0.3 is 0 Å². The Hall–Kier alpha value is -0.370. The smallest absolute Gasteiger partial charge is 0.136 e. The van der Waals surface area contributed by atoms with Crippen molar-refractivity contribution in [2.24, 2.45) is 5.92 Å². The Kier molecular flexibility index (Phi) is 3.06. The molecular formula is C9H16O2. The lowest BCUT2D eigenvalue weighted by atomic mass is 9.78. The number of hydrogen-bond acceptors (Lipinski definition) is 2. The molecule has 2 nitrogen and oxygen atoms in total. The molecule has 0 bridgehead atoms. The van der Waals surface area contributed by atoms with Crippen LogP contribution in [0, 0.1) is 5.92 Å². The van der Waals surface area contributed by atoms with E-state index in [1.165, 1.54) is 0 Å². The summed E-state index contributed by atoms with van der Waals surface area (Å²) in [6.07, 6.45) is 4.00. The van der Waals surface area contributed by atoms with Gasteiger partial charge in [0.2, 0.25) is 0 Å². The van der Waals surface area contributed by atoms with Crippen LogP contribution in [0.4, 0.5) is 0 Å². The van der Waals surface area contributed by atoms with Crippen molar-refractivity contribution in [3.05, 3.63) is 0 Å². The number of methoxy groups -OCH3 is 1. The maximum Gasteiger partial charge on any atom is 0.136 e. The summed E-state index contributed by atoms with van der Waals surface area (Å²) in [5.41, 5.74) is 0. The number of Topliss-reactive ketones (excluding diaryl/α,β-unsaturated/α-hetero) is 1. The second kappa shape index (κ2) is 3.86. The highest BCUT2D eigenvalue weighted by atomic mass is 16.5. The van der Waals surface area contributed by atoms with Crippen molar-refractivity contribution in [1.82, 2.24) is 0 Å². The van der Waals surface area contributed by atoms with Gasteiger partial charge in [0.15, 0.2) is 0 Å². The van der Waals surface area contributed by atoms with Crippen molar-refractivity contribution in [2.75, 3.05) is 7.11 Å². The van der Waals surface area contributed by atoms with Gasteiger partial charge in [-0.25, -0.2) is 0 Å². The molecular weight excluding hydrogens is 140 g/mol. The predicted octanol–water partition coefficient (Wildman–Crippen LogP) is 1.78. The quantitative estimate of drug-likeness (QED) is 0.620. The van der Waals surface area contributed by atoms with E-state index in [4.69, 9.17) is 4.74 Å². The molecule has 0 aromatic carbocycles. The van der Waals surface area contributed by atoms with Crippen molar-refractivity contribution < 1.29 is 9.53 Å². The fourth-order valence-corrected chi connectivity index (χ4v) is 1.47. The van der Waals surface area contributed by atoms with Gasteiger partial charge in [0.25, 0.3) is 0 Å². The molecule has 1 rings (SSSR count). The summed E-state index contributed by atoms with van der Waals surface area (Å²) < 4.78 is 5.09. The Morgan fingerprint density at radius 1 is 1.55 bits per heavy atom. The summed E-state index contributed by atoms with van der Waals surface area (Å²) in [7, 11) is 1.71. The van der Waals surface area contributed by atoms with Gasteiger partial charge in [0.05, 0.1) is 6.10 Å². The highest BCUT2D eigenvalue weighted by molar-refractivity contribution is 5.81. The zero-order valence-corrected chi connectivity index (χ0v) is 7.30. The van der Waals surface area contributed by atoms with Crippen molar-refractivity contribution in [3.8, 4) is 0 Å². The molecule has 0 N–H and O–H groups in total. The van der Waals surface area contributed by atoms with E-state index >= 15 is 0 Å². The molecule has 2 heteroatoms. The average molecular weight is 156 g/mol. The third-order valence-corrected chi connectivity index (χ3v) is 2.38. The maximum atomic E-state index is 11.2. The monoisotopic (exact) mass is 156 g/mol. The summed E-state index contributed by atoms with van der Waals surface area (Å²) in [6, 6.07) is 0. The highest BCUT2D eigenvalue weighted by Gasteiger charge is 2.33. The molecule has 0 atom stereocenters. The third kappa shape index (κ3) is 2.03. The van der Waals surface area contributed by atoms with E-state index < -0.39 is 0 Å². The van der Waals surface area contributed by atoms with Crippen LogP contribution in [0.2, 0.25) is 0 Å². The van der Waals surface area contributed by atoms with Crippen LogP contribution < -0.4 is 0 Å². The molecule has 0 amide bonds. The largest absolute Gasteiger partial charge is 0.381 e. The van der Waals surface area contributed by atoms with Crippen LogP contribution in [0.25, 0.3) is 0 Å². The van der Waals surface area contributed by atoms with E-state index in [1.807, 2.05) is 6.92 Å². The SMILES string of the molecule is CCCC(=O)C1CC(OC)C1. The molecule has 1 saturated carbocycles.